The van der Waals surface area contributed by atoms with Crippen molar-refractivity contribution in [3.8, 4) is 11.5 Å². The largest absolute Gasteiger partial charge is 0.497 e. The summed E-state index contributed by atoms with van der Waals surface area (Å²) in [6, 6.07) is 24.8. The highest BCUT2D eigenvalue weighted by Crippen LogP contribution is 2.21. The maximum absolute atomic E-state index is 5.95. The molecule has 0 aliphatic carbocycles. The molecule has 0 N–H and O–H groups in total. The number of aryl methyl sites for hydroxylation is 1. The van der Waals surface area contributed by atoms with Crippen LogP contribution in [0.15, 0.2) is 72.8 Å². The lowest BCUT2D eigenvalue weighted by Gasteiger charge is -2.10. The number of para-hydroxylation sites is 2. The fraction of sp³-hybridized carbons (Fsp3) is 0.276. The predicted molar refractivity (Wildman–Crippen MR) is 137 cm³/mol. The zero-order valence-corrected chi connectivity index (χ0v) is 19.7. The summed E-state index contributed by atoms with van der Waals surface area (Å²) < 4.78 is 13.5. The number of aromatic nitrogens is 2. The van der Waals surface area contributed by atoms with Gasteiger partial charge in [-0.15, -0.1) is 0 Å². The molecule has 4 aromatic rings. The highest BCUT2D eigenvalue weighted by Gasteiger charge is 2.08. The van der Waals surface area contributed by atoms with E-state index in [1.165, 1.54) is 5.56 Å². The van der Waals surface area contributed by atoms with E-state index in [1.807, 2.05) is 30.3 Å². The lowest BCUT2D eigenvalue weighted by Crippen LogP contribution is -2.04. The minimum atomic E-state index is 0.539. The minimum absolute atomic E-state index is 0.539. The van der Waals surface area contributed by atoms with Crippen LogP contribution in [0.1, 0.15) is 49.6 Å². The molecule has 0 bridgehead atoms. The van der Waals surface area contributed by atoms with Crippen LogP contribution in [0.4, 0.5) is 0 Å². The molecule has 33 heavy (non-hydrogen) atoms. The Morgan fingerprint density at radius 1 is 0.848 bits per heavy atom. The predicted octanol–water partition coefficient (Wildman–Crippen LogP) is 7.20. The van der Waals surface area contributed by atoms with E-state index in [1.54, 1.807) is 7.11 Å². The van der Waals surface area contributed by atoms with E-state index in [4.69, 9.17) is 14.5 Å². The summed E-state index contributed by atoms with van der Waals surface area (Å²) in [6.07, 6.45) is 6.20. The quantitative estimate of drug-likeness (QED) is 0.245. The number of hydrogen-bond donors (Lipinski definition) is 0. The summed E-state index contributed by atoms with van der Waals surface area (Å²) >= 11 is 0. The SMILES string of the molecule is COc1ccc(/C=C/c2nc3ccccc3n2CCCCOc2ccc(C(C)C)cc2)cc1. The molecule has 0 radical (unpaired) electrons. The topological polar surface area (TPSA) is 36.3 Å². The monoisotopic (exact) mass is 440 g/mol. The Hall–Kier alpha value is -3.53. The third kappa shape index (κ3) is 5.83. The molecule has 0 saturated carbocycles. The van der Waals surface area contributed by atoms with Crippen molar-refractivity contribution in [1.29, 1.82) is 0 Å². The number of nitrogens with zero attached hydrogens (tertiary/aromatic N) is 2. The van der Waals surface area contributed by atoms with Crippen LogP contribution in [0.25, 0.3) is 23.2 Å². The van der Waals surface area contributed by atoms with Gasteiger partial charge < -0.3 is 14.0 Å². The van der Waals surface area contributed by atoms with Crippen molar-refractivity contribution < 1.29 is 9.47 Å². The normalized spacial score (nSPS) is 11.5. The van der Waals surface area contributed by atoms with E-state index in [9.17, 15) is 0 Å². The number of methoxy groups -OCH3 is 1. The van der Waals surface area contributed by atoms with Gasteiger partial charge in [0.15, 0.2) is 0 Å². The number of imidazole rings is 1. The third-order valence-corrected chi connectivity index (χ3v) is 5.82. The molecule has 0 amide bonds. The van der Waals surface area contributed by atoms with Gasteiger partial charge in [-0.25, -0.2) is 4.98 Å². The van der Waals surface area contributed by atoms with Gasteiger partial charge in [0.05, 0.1) is 24.8 Å². The van der Waals surface area contributed by atoms with Gasteiger partial charge in [0, 0.05) is 6.54 Å². The highest BCUT2D eigenvalue weighted by atomic mass is 16.5. The smallest absolute Gasteiger partial charge is 0.133 e. The fourth-order valence-electron chi connectivity index (χ4n) is 3.85. The molecule has 3 aromatic carbocycles. The van der Waals surface area contributed by atoms with Crippen molar-refractivity contribution in [2.24, 2.45) is 0 Å². The maximum atomic E-state index is 5.95. The summed E-state index contributed by atoms with van der Waals surface area (Å²) in [6.45, 7) is 6.02. The number of unbranched alkanes of at least 4 members (excludes halogenated alkanes) is 1. The first-order chi connectivity index (χ1) is 16.1. The van der Waals surface area contributed by atoms with E-state index in [2.05, 4.69) is 73.0 Å². The summed E-state index contributed by atoms with van der Waals surface area (Å²) in [5, 5.41) is 0. The molecule has 1 heterocycles. The summed E-state index contributed by atoms with van der Waals surface area (Å²) in [5.74, 6) is 3.31. The van der Waals surface area contributed by atoms with E-state index in [0.29, 0.717) is 12.5 Å². The van der Waals surface area contributed by atoms with E-state index in [-0.39, 0.29) is 0 Å². The second-order valence-electron chi connectivity index (χ2n) is 8.50. The van der Waals surface area contributed by atoms with Crippen molar-refractivity contribution in [2.75, 3.05) is 13.7 Å². The van der Waals surface area contributed by atoms with Crippen LogP contribution in [-0.4, -0.2) is 23.3 Å². The first-order valence-electron chi connectivity index (χ1n) is 11.6. The molecule has 170 valence electrons. The van der Waals surface area contributed by atoms with Crippen molar-refractivity contribution >= 4 is 23.2 Å². The van der Waals surface area contributed by atoms with Crippen LogP contribution in [-0.2, 0) is 6.54 Å². The number of hydrogen-bond acceptors (Lipinski definition) is 3. The Balaban J connectivity index is 1.38. The first-order valence-corrected chi connectivity index (χ1v) is 11.6. The van der Waals surface area contributed by atoms with Crippen LogP contribution in [0.5, 0.6) is 11.5 Å². The van der Waals surface area contributed by atoms with Crippen molar-refractivity contribution in [3.63, 3.8) is 0 Å². The molecule has 0 fully saturated rings. The Morgan fingerprint density at radius 3 is 2.30 bits per heavy atom. The third-order valence-electron chi connectivity index (χ3n) is 5.82. The molecule has 4 heteroatoms. The van der Waals surface area contributed by atoms with Crippen molar-refractivity contribution in [3.05, 3.63) is 89.7 Å². The number of ether oxygens (including phenoxy) is 2. The molecule has 4 rings (SSSR count). The Bertz CT molecular complexity index is 1190. The van der Waals surface area contributed by atoms with Crippen molar-refractivity contribution in [2.45, 2.75) is 39.2 Å². The van der Waals surface area contributed by atoms with Gasteiger partial charge in [0.25, 0.3) is 0 Å². The average molecular weight is 441 g/mol. The molecular formula is C29H32N2O2. The maximum Gasteiger partial charge on any atom is 0.133 e. The standard InChI is InChI=1S/C29H32N2O2/c1-22(2)24-13-17-26(18-14-24)33-21-7-6-20-31-28-9-5-4-8-27(28)30-29(31)19-12-23-10-15-25(32-3)16-11-23/h4-5,8-19,22H,6-7,20-21H2,1-3H3/b19-12+. The van der Waals surface area contributed by atoms with Crippen LogP contribution in [0.3, 0.4) is 0 Å². The van der Waals surface area contributed by atoms with E-state index >= 15 is 0 Å². The molecule has 0 aliphatic heterocycles. The fourth-order valence-corrected chi connectivity index (χ4v) is 3.85. The van der Waals surface area contributed by atoms with Crippen LogP contribution in [0, 0.1) is 0 Å². The van der Waals surface area contributed by atoms with Crippen LogP contribution < -0.4 is 9.47 Å². The summed E-state index contributed by atoms with van der Waals surface area (Å²) in [7, 11) is 1.68. The molecule has 0 atom stereocenters. The average Bonchev–Trinajstić information content (AvgIpc) is 3.20. The lowest BCUT2D eigenvalue weighted by atomic mass is 10.0. The summed E-state index contributed by atoms with van der Waals surface area (Å²) in [5.41, 5.74) is 4.64. The molecule has 1 aromatic heterocycles. The van der Waals surface area contributed by atoms with Gasteiger partial charge in [0.1, 0.15) is 17.3 Å². The zero-order chi connectivity index (χ0) is 23.0. The Labute approximate surface area is 196 Å². The molecule has 0 unspecified atom stereocenters. The van der Waals surface area contributed by atoms with E-state index in [0.717, 1.165) is 53.3 Å². The van der Waals surface area contributed by atoms with Gasteiger partial charge in [-0.2, -0.15) is 0 Å². The molecule has 0 saturated heterocycles. The first kappa shape index (κ1) is 22.7. The lowest BCUT2D eigenvalue weighted by molar-refractivity contribution is 0.303. The number of fused-ring (bicyclic) bond motifs is 1. The molecular weight excluding hydrogens is 408 g/mol. The Kier molecular flexibility index (Phi) is 7.46. The van der Waals surface area contributed by atoms with Crippen molar-refractivity contribution in [1.82, 2.24) is 9.55 Å². The zero-order valence-electron chi connectivity index (χ0n) is 19.7. The van der Waals surface area contributed by atoms with E-state index < -0.39 is 0 Å². The minimum Gasteiger partial charge on any atom is -0.497 e. The van der Waals surface area contributed by atoms with Gasteiger partial charge >= 0.3 is 0 Å². The number of rotatable bonds is 10. The molecule has 0 aliphatic rings. The Morgan fingerprint density at radius 2 is 1.58 bits per heavy atom. The highest BCUT2D eigenvalue weighted by molar-refractivity contribution is 5.79. The van der Waals surface area contributed by atoms with Gasteiger partial charge in [0.2, 0.25) is 0 Å². The van der Waals surface area contributed by atoms with Gasteiger partial charge in [-0.1, -0.05) is 56.3 Å². The van der Waals surface area contributed by atoms with Crippen LogP contribution in [0.2, 0.25) is 0 Å². The second kappa shape index (κ2) is 10.9. The van der Waals surface area contributed by atoms with Gasteiger partial charge in [-0.05, 0) is 72.4 Å². The van der Waals surface area contributed by atoms with Gasteiger partial charge in [-0.3, -0.25) is 0 Å². The summed E-state index contributed by atoms with van der Waals surface area (Å²) in [4.78, 5) is 4.85. The molecule has 0 spiro atoms. The molecule has 4 nitrogen and oxygen atoms in total. The number of benzene rings is 3. The van der Waals surface area contributed by atoms with Crippen LogP contribution >= 0.6 is 0 Å². The second-order valence-corrected chi connectivity index (χ2v) is 8.50.